The number of hydrogen-bond donors (Lipinski definition) is 1. The molecule has 1 aliphatic heterocycles. The molecule has 0 unspecified atom stereocenters. The first-order valence-corrected chi connectivity index (χ1v) is 11.6. The third-order valence-electron chi connectivity index (χ3n) is 5.65. The van der Waals surface area contributed by atoms with Crippen LogP contribution in [0.3, 0.4) is 0 Å². The molecule has 5 rings (SSSR count). The molecule has 36 heavy (non-hydrogen) atoms. The van der Waals surface area contributed by atoms with Crippen molar-refractivity contribution in [3.05, 3.63) is 98.3 Å². The third kappa shape index (κ3) is 4.97. The van der Waals surface area contributed by atoms with Crippen LogP contribution in [-0.4, -0.2) is 50.3 Å². The van der Waals surface area contributed by atoms with Gasteiger partial charge in [0.15, 0.2) is 5.82 Å². The molecule has 4 aromatic rings. The zero-order valence-corrected chi connectivity index (χ0v) is 20.0. The quantitative estimate of drug-likeness (QED) is 0.376. The third-order valence-corrected chi connectivity index (χ3v) is 6.15. The molecule has 0 spiro atoms. The molecule has 1 fully saturated rings. The molecule has 0 amide bonds. The lowest BCUT2D eigenvalue weighted by atomic mass is 10.1. The zero-order valence-electron chi connectivity index (χ0n) is 18.5. The molecule has 12 heteroatoms. The summed E-state index contributed by atoms with van der Waals surface area (Å²) in [7, 11) is 0. The van der Waals surface area contributed by atoms with E-state index >= 15 is 0 Å². The van der Waals surface area contributed by atoms with Crippen molar-refractivity contribution in [1.82, 2.24) is 19.6 Å². The molecule has 0 aliphatic carbocycles. The van der Waals surface area contributed by atoms with Crippen molar-refractivity contribution in [1.29, 1.82) is 0 Å². The molecular weight excluding hydrogens is 511 g/mol. The van der Waals surface area contributed by atoms with E-state index in [-0.39, 0.29) is 18.7 Å². The molecule has 2 aromatic heterocycles. The van der Waals surface area contributed by atoms with E-state index < -0.39 is 35.8 Å². The highest BCUT2D eigenvalue weighted by molar-refractivity contribution is 6.31. The fourth-order valence-electron chi connectivity index (χ4n) is 3.85. The van der Waals surface area contributed by atoms with Crippen LogP contribution in [0.15, 0.2) is 65.7 Å². The lowest BCUT2D eigenvalue weighted by Crippen LogP contribution is -2.32. The van der Waals surface area contributed by atoms with Gasteiger partial charge in [0.1, 0.15) is 24.9 Å². The van der Waals surface area contributed by atoms with Gasteiger partial charge in [0.25, 0.3) is 5.56 Å². The lowest BCUT2D eigenvalue weighted by molar-refractivity contribution is -0.0441. The standard InChI is InChI=1S/C24H18Cl2N4O6/c25-15-5-1-13(2-6-15)23(32)34-12-19-17(36-24(33)14-3-7-16(26)8-4-14)11-18(35-19)20-28-29-21-22(31)27-9-10-30(20)21/h1-10,17-19H,11-12H2,(H,27,31)/t17-,18-,19-/m1/s1. The smallest absolute Gasteiger partial charge is 0.338 e. The molecule has 1 saturated heterocycles. The second kappa shape index (κ2) is 10.1. The van der Waals surface area contributed by atoms with Crippen LogP contribution in [0.5, 0.6) is 0 Å². The topological polar surface area (TPSA) is 125 Å². The first kappa shape index (κ1) is 24.0. The average Bonchev–Trinajstić information content (AvgIpc) is 3.48. The molecule has 2 aromatic carbocycles. The van der Waals surface area contributed by atoms with Crippen LogP contribution in [0.2, 0.25) is 10.0 Å². The number of halogens is 2. The second-order valence-electron chi connectivity index (χ2n) is 8.00. The Labute approximate surface area is 213 Å². The Morgan fingerprint density at radius 3 is 2.31 bits per heavy atom. The Hall–Kier alpha value is -3.73. The fourth-order valence-corrected chi connectivity index (χ4v) is 4.10. The monoisotopic (exact) mass is 528 g/mol. The van der Waals surface area contributed by atoms with Crippen LogP contribution in [-0.2, 0) is 14.2 Å². The van der Waals surface area contributed by atoms with Crippen molar-refractivity contribution in [3.8, 4) is 0 Å². The second-order valence-corrected chi connectivity index (χ2v) is 8.87. The number of benzene rings is 2. The molecule has 10 nitrogen and oxygen atoms in total. The van der Waals surface area contributed by atoms with E-state index in [0.717, 1.165) is 0 Å². The van der Waals surface area contributed by atoms with Crippen LogP contribution in [0.1, 0.15) is 39.1 Å². The maximum Gasteiger partial charge on any atom is 0.338 e. The SMILES string of the molecule is O=C(OC[C@H]1O[C@@H](c2nnc3c(=O)[nH]ccn23)C[C@H]1OC(=O)c1ccc(Cl)cc1)c1ccc(Cl)cc1. The van der Waals surface area contributed by atoms with E-state index in [1.165, 1.54) is 10.6 Å². The summed E-state index contributed by atoms with van der Waals surface area (Å²) in [6.07, 6.45) is 1.01. The Morgan fingerprint density at radius 1 is 1.00 bits per heavy atom. The van der Waals surface area contributed by atoms with Crippen molar-refractivity contribution in [3.63, 3.8) is 0 Å². The number of fused-ring (bicyclic) bond motifs is 1. The summed E-state index contributed by atoms with van der Waals surface area (Å²) < 4.78 is 18.8. The molecular formula is C24H18Cl2N4O6. The van der Waals surface area contributed by atoms with E-state index in [9.17, 15) is 14.4 Å². The Bertz CT molecular complexity index is 1470. The number of carbonyl (C=O) groups excluding carboxylic acids is 2. The minimum Gasteiger partial charge on any atom is -0.459 e. The fraction of sp³-hybridized carbons (Fsp3) is 0.208. The number of rotatable bonds is 6. The first-order valence-electron chi connectivity index (χ1n) is 10.9. The summed E-state index contributed by atoms with van der Waals surface area (Å²) in [4.78, 5) is 39.9. The van der Waals surface area contributed by atoms with E-state index in [0.29, 0.717) is 27.0 Å². The van der Waals surface area contributed by atoms with Gasteiger partial charge in [0, 0.05) is 28.9 Å². The van der Waals surface area contributed by atoms with Crippen LogP contribution in [0, 0.1) is 0 Å². The minimum atomic E-state index is -0.795. The van der Waals surface area contributed by atoms with Gasteiger partial charge in [-0.3, -0.25) is 9.20 Å². The van der Waals surface area contributed by atoms with E-state index in [2.05, 4.69) is 15.2 Å². The molecule has 0 radical (unpaired) electrons. The Morgan fingerprint density at radius 2 is 1.64 bits per heavy atom. The summed E-state index contributed by atoms with van der Waals surface area (Å²) in [6, 6.07) is 12.5. The van der Waals surface area contributed by atoms with E-state index in [1.807, 2.05) is 0 Å². The minimum absolute atomic E-state index is 0.100. The lowest BCUT2D eigenvalue weighted by Gasteiger charge is -2.19. The van der Waals surface area contributed by atoms with Crippen LogP contribution in [0.4, 0.5) is 0 Å². The number of esters is 2. The van der Waals surface area contributed by atoms with Crippen molar-refractivity contribution in [2.45, 2.75) is 24.7 Å². The number of aromatic amines is 1. The number of nitrogens with one attached hydrogen (secondary N) is 1. The Balaban J connectivity index is 1.36. The highest BCUT2D eigenvalue weighted by atomic mass is 35.5. The van der Waals surface area contributed by atoms with Crippen LogP contribution >= 0.6 is 23.2 Å². The van der Waals surface area contributed by atoms with Crippen molar-refractivity contribution < 1.29 is 23.8 Å². The first-order chi connectivity index (χ1) is 17.4. The van der Waals surface area contributed by atoms with Gasteiger partial charge in [0.05, 0.1) is 11.1 Å². The Kier molecular flexibility index (Phi) is 6.73. The normalized spacial score (nSPS) is 19.3. The number of H-pyrrole nitrogens is 1. The van der Waals surface area contributed by atoms with Crippen molar-refractivity contribution in [2.24, 2.45) is 0 Å². The predicted molar refractivity (Wildman–Crippen MR) is 128 cm³/mol. The highest BCUT2D eigenvalue weighted by Gasteiger charge is 2.41. The molecule has 0 saturated carbocycles. The molecule has 184 valence electrons. The summed E-state index contributed by atoms with van der Waals surface area (Å²) in [6.45, 7) is -0.187. The maximum atomic E-state index is 12.8. The number of ether oxygens (including phenoxy) is 3. The van der Waals surface area contributed by atoms with E-state index in [4.69, 9.17) is 37.4 Å². The van der Waals surface area contributed by atoms with Gasteiger partial charge in [-0.25, -0.2) is 9.59 Å². The van der Waals surface area contributed by atoms with Crippen LogP contribution < -0.4 is 5.56 Å². The molecule has 3 heterocycles. The zero-order chi connectivity index (χ0) is 25.2. The van der Waals surface area contributed by atoms with E-state index in [1.54, 1.807) is 54.7 Å². The van der Waals surface area contributed by atoms with Gasteiger partial charge >= 0.3 is 11.9 Å². The molecule has 0 bridgehead atoms. The van der Waals surface area contributed by atoms with Gasteiger partial charge < -0.3 is 19.2 Å². The summed E-state index contributed by atoms with van der Waals surface area (Å²) in [5.74, 6) is -0.811. The maximum absolute atomic E-state index is 12.8. The average molecular weight is 529 g/mol. The van der Waals surface area contributed by atoms with Gasteiger partial charge in [-0.1, -0.05) is 23.2 Å². The van der Waals surface area contributed by atoms with Crippen molar-refractivity contribution in [2.75, 3.05) is 6.61 Å². The summed E-state index contributed by atoms with van der Waals surface area (Å²) >= 11 is 11.8. The molecule has 3 atom stereocenters. The number of nitrogens with zero attached hydrogens (tertiary/aromatic N) is 3. The van der Waals surface area contributed by atoms with Gasteiger partial charge in [0.2, 0.25) is 5.65 Å². The predicted octanol–water partition coefficient (Wildman–Crippen LogP) is 3.64. The number of hydrogen-bond acceptors (Lipinski definition) is 8. The number of carbonyl (C=O) groups is 2. The van der Waals surface area contributed by atoms with Gasteiger partial charge in [-0.05, 0) is 48.5 Å². The van der Waals surface area contributed by atoms with Crippen molar-refractivity contribution >= 4 is 40.8 Å². The number of aromatic nitrogens is 4. The molecule has 1 aliphatic rings. The molecule has 1 N–H and O–H groups in total. The largest absolute Gasteiger partial charge is 0.459 e. The summed E-state index contributed by atoms with van der Waals surface area (Å²) in [5, 5.41) is 8.99. The van der Waals surface area contributed by atoms with Gasteiger partial charge in [-0.2, -0.15) is 0 Å². The van der Waals surface area contributed by atoms with Gasteiger partial charge in [-0.15, -0.1) is 10.2 Å². The summed E-state index contributed by atoms with van der Waals surface area (Å²) in [5.41, 5.74) is 0.308. The van der Waals surface area contributed by atoms with Crippen LogP contribution in [0.25, 0.3) is 5.65 Å². The highest BCUT2D eigenvalue weighted by Crippen LogP contribution is 2.34.